The van der Waals surface area contributed by atoms with E-state index in [2.05, 4.69) is 35.9 Å². The number of benzene rings is 1. The molecule has 0 radical (unpaired) electrons. The van der Waals surface area contributed by atoms with Crippen LogP contribution in [-0.4, -0.2) is 58.1 Å². The van der Waals surface area contributed by atoms with E-state index in [4.69, 9.17) is 9.47 Å². The number of hydrogen-bond acceptors (Lipinski definition) is 7. The second-order valence-electron chi connectivity index (χ2n) is 12.0. The van der Waals surface area contributed by atoms with Gasteiger partial charge in [0.05, 0.1) is 22.5 Å². The number of nitrogens with one attached hydrogen (secondary N) is 1. The van der Waals surface area contributed by atoms with E-state index in [1.807, 2.05) is 38.5 Å². The molecule has 0 saturated heterocycles. The summed E-state index contributed by atoms with van der Waals surface area (Å²) in [5.41, 5.74) is 7.42. The maximum absolute atomic E-state index is 14.1. The van der Waals surface area contributed by atoms with E-state index in [0.717, 1.165) is 64.3 Å². The number of amides is 1. The van der Waals surface area contributed by atoms with Gasteiger partial charge in [-0.05, 0) is 84.2 Å². The lowest BCUT2D eigenvalue weighted by molar-refractivity contribution is -0.123. The molecule has 1 atom stereocenters. The Kier molecular flexibility index (Phi) is 6.78. The number of aromatic amines is 1. The van der Waals surface area contributed by atoms with E-state index in [0.29, 0.717) is 35.9 Å². The molecule has 3 aromatic rings. The van der Waals surface area contributed by atoms with Gasteiger partial charge in [-0.2, -0.15) is 0 Å². The van der Waals surface area contributed by atoms with Gasteiger partial charge in [0, 0.05) is 54.0 Å². The third-order valence-corrected chi connectivity index (χ3v) is 9.98. The summed E-state index contributed by atoms with van der Waals surface area (Å²) in [6, 6.07) is 2.54. The highest BCUT2D eigenvalue weighted by atomic mass is 32.1. The summed E-state index contributed by atoms with van der Waals surface area (Å²) in [7, 11) is 4.30. The Morgan fingerprint density at radius 2 is 1.82 bits per heavy atom. The van der Waals surface area contributed by atoms with Gasteiger partial charge in [0.2, 0.25) is 0 Å². The van der Waals surface area contributed by atoms with Gasteiger partial charge in [0.25, 0.3) is 17.3 Å². The summed E-state index contributed by atoms with van der Waals surface area (Å²) in [6.45, 7) is 8.62. The highest BCUT2D eigenvalue weighted by molar-refractivity contribution is 7.13. The molecule has 1 aromatic carbocycles. The molecule has 4 heterocycles. The zero-order valence-electron chi connectivity index (χ0n) is 24.2. The van der Waals surface area contributed by atoms with E-state index in [-0.39, 0.29) is 23.9 Å². The lowest BCUT2D eigenvalue weighted by Crippen LogP contribution is -2.46. The van der Waals surface area contributed by atoms with E-state index in [9.17, 15) is 9.59 Å². The fourth-order valence-electron chi connectivity index (χ4n) is 6.88. The molecule has 1 saturated carbocycles. The SMILES string of the molecule is Cc1cc(C)c(CN2CCc3c(c(C)c4c(c3-c3cncs3)O[C@@](C)(C3CCC(N(C)C)CC3)O4)C2=O)c(=O)[nH]1. The molecular weight excluding hydrogens is 524 g/mol. The number of aromatic nitrogens is 2. The molecule has 6 rings (SSSR count). The van der Waals surface area contributed by atoms with Crippen molar-refractivity contribution in [2.45, 2.75) is 78.2 Å². The number of ether oxygens (including phenoxy) is 2. The first-order chi connectivity index (χ1) is 19.1. The third kappa shape index (κ3) is 4.43. The Bertz CT molecular complexity index is 1520. The van der Waals surface area contributed by atoms with Crippen LogP contribution in [0.1, 0.15) is 70.9 Å². The molecule has 1 fully saturated rings. The van der Waals surface area contributed by atoms with Gasteiger partial charge in [-0.1, -0.05) is 0 Å². The number of fused-ring (bicyclic) bond motifs is 2. The fraction of sp³-hybridized carbons (Fsp3) is 0.516. The second-order valence-corrected chi connectivity index (χ2v) is 12.9. The molecule has 9 heteroatoms. The quantitative estimate of drug-likeness (QED) is 0.458. The lowest BCUT2D eigenvalue weighted by atomic mass is 9.81. The normalized spacial score (nSPS) is 24.1. The number of thiazole rings is 1. The maximum Gasteiger partial charge on any atom is 0.254 e. The van der Waals surface area contributed by atoms with Crippen LogP contribution in [0.25, 0.3) is 10.4 Å². The van der Waals surface area contributed by atoms with Crippen molar-refractivity contribution < 1.29 is 14.3 Å². The van der Waals surface area contributed by atoms with E-state index in [1.54, 1.807) is 16.2 Å². The number of pyridine rings is 1. The molecule has 3 aliphatic rings. The zero-order chi connectivity index (χ0) is 28.3. The Labute approximate surface area is 239 Å². The molecule has 40 heavy (non-hydrogen) atoms. The minimum Gasteiger partial charge on any atom is -0.448 e. The standard InChI is InChI=1S/C31H38N4O4S/c1-17-13-18(2)33-29(36)23(17)15-35-12-11-22-25(30(35)37)19(3)27-28(26(22)24-14-32-16-40-24)39-31(4,38-27)20-7-9-21(10-8-20)34(5)6/h13-14,16,20-21H,7-12,15H2,1-6H3,(H,33,36)/t20?,21?,31-/m0/s1. The Morgan fingerprint density at radius 1 is 1.10 bits per heavy atom. The summed E-state index contributed by atoms with van der Waals surface area (Å²) in [4.78, 5) is 39.2. The second kappa shape index (κ2) is 10.0. The maximum atomic E-state index is 14.1. The molecule has 2 aromatic heterocycles. The topological polar surface area (TPSA) is 87.8 Å². The van der Waals surface area contributed by atoms with E-state index >= 15 is 0 Å². The summed E-state index contributed by atoms with van der Waals surface area (Å²) in [6.07, 6.45) is 6.79. The largest absolute Gasteiger partial charge is 0.448 e. The van der Waals surface area contributed by atoms with E-state index in [1.165, 1.54) is 0 Å². The van der Waals surface area contributed by atoms with Crippen molar-refractivity contribution in [3.05, 3.63) is 61.6 Å². The average Bonchev–Trinajstić information content (AvgIpc) is 3.56. The van der Waals surface area contributed by atoms with E-state index < -0.39 is 5.79 Å². The molecule has 0 unspecified atom stereocenters. The van der Waals surface area contributed by atoms with Crippen molar-refractivity contribution >= 4 is 17.2 Å². The highest BCUT2D eigenvalue weighted by Crippen LogP contribution is 2.55. The van der Waals surface area contributed by atoms with Crippen molar-refractivity contribution in [1.29, 1.82) is 0 Å². The molecule has 212 valence electrons. The predicted molar refractivity (Wildman–Crippen MR) is 156 cm³/mol. The van der Waals surface area contributed by atoms with Gasteiger partial charge >= 0.3 is 0 Å². The minimum absolute atomic E-state index is 0.0737. The number of carbonyl (C=O) groups excluding carboxylic acids is 1. The van der Waals surface area contributed by atoms with Crippen LogP contribution in [0, 0.1) is 26.7 Å². The lowest BCUT2D eigenvalue weighted by Gasteiger charge is -2.39. The van der Waals surface area contributed by atoms with Crippen LogP contribution in [0.4, 0.5) is 0 Å². The number of aryl methyl sites for hydroxylation is 2. The minimum atomic E-state index is -0.789. The summed E-state index contributed by atoms with van der Waals surface area (Å²) in [5, 5.41) is 0. The van der Waals surface area contributed by atoms with Gasteiger partial charge in [-0.3, -0.25) is 14.6 Å². The van der Waals surface area contributed by atoms with Gasteiger partial charge in [-0.15, -0.1) is 11.3 Å². The summed E-state index contributed by atoms with van der Waals surface area (Å²) >= 11 is 1.55. The first kappa shape index (κ1) is 27.0. The van der Waals surface area contributed by atoms with Crippen LogP contribution in [0.3, 0.4) is 0 Å². The van der Waals surface area contributed by atoms with Gasteiger partial charge in [-0.25, -0.2) is 0 Å². The number of rotatable bonds is 5. The smallest absolute Gasteiger partial charge is 0.254 e. The summed E-state index contributed by atoms with van der Waals surface area (Å²) in [5.74, 6) is 0.799. The van der Waals surface area contributed by atoms with Gasteiger partial charge in [0.15, 0.2) is 11.5 Å². The highest BCUT2D eigenvalue weighted by Gasteiger charge is 2.49. The number of nitrogens with zero attached hydrogens (tertiary/aromatic N) is 3. The molecule has 1 aliphatic carbocycles. The average molecular weight is 563 g/mol. The monoisotopic (exact) mass is 562 g/mol. The van der Waals surface area contributed by atoms with Crippen LogP contribution < -0.4 is 15.0 Å². The van der Waals surface area contributed by atoms with Crippen LogP contribution >= 0.6 is 11.3 Å². The molecule has 2 aliphatic heterocycles. The Balaban J connectivity index is 1.38. The van der Waals surface area contributed by atoms with Crippen LogP contribution in [0.2, 0.25) is 0 Å². The molecule has 0 spiro atoms. The predicted octanol–water partition coefficient (Wildman–Crippen LogP) is 5.23. The number of carbonyl (C=O) groups is 1. The van der Waals surface area contributed by atoms with Crippen molar-refractivity contribution in [3.63, 3.8) is 0 Å². The van der Waals surface area contributed by atoms with Gasteiger partial charge in [0.1, 0.15) is 0 Å². The third-order valence-electron chi connectivity index (χ3n) is 9.18. The molecule has 1 N–H and O–H groups in total. The Hall–Kier alpha value is -3.17. The first-order valence-corrected chi connectivity index (χ1v) is 15.1. The fourth-order valence-corrected chi connectivity index (χ4v) is 7.57. The van der Waals surface area contributed by atoms with Crippen molar-refractivity contribution in [1.82, 2.24) is 19.8 Å². The molecule has 1 amide bonds. The number of hydrogen-bond donors (Lipinski definition) is 1. The molecular formula is C31H38N4O4S. The number of H-pyrrole nitrogens is 1. The first-order valence-electron chi connectivity index (χ1n) is 14.2. The zero-order valence-corrected chi connectivity index (χ0v) is 25.0. The summed E-state index contributed by atoms with van der Waals surface area (Å²) < 4.78 is 13.5. The molecule has 0 bridgehead atoms. The van der Waals surface area contributed by atoms with Gasteiger partial charge < -0.3 is 24.3 Å². The van der Waals surface area contributed by atoms with Crippen molar-refractivity contribution in [3.8, 4) is 21.9 Å². The van der Waals surface area contributed by atoms with Crippen molar-refractivity contribution in [2.75, 3.05) is 20.6 Å². The van der Waals surface area contributed by atoms with Crippen LogP contribution in [0.15, 0.2) is 22.6 Å². The van der Waals surface area contributed by atoms with Crippen LogP contribution in [-0.2, 0) is 13.0 Å². The molecule has 8 nitrogen and oxygen atoms in total. The van der Waals surface area contributed by atoms with Crippen LogP contribution in [0.5, 0.6) is 11.5 Å². The van der Waals surface area contributed by atoms with Crippen molar-refractivity contribution in [2.24, 2.45) is 5.92 Å². The Morgan fingerprint density at radius 3 is 2.48 bits per heavy atom.